The first kappa shape index (κ1) is 8.30. The molecule has 0 aromatic carbocycles. The minimum Gasteiger partial charge on any atom is -0.344 e. The number of rotatable bonds is 1. The van der Waals surface area contributed by atoms with Crippen LogP contribution < -0.4 is 5.32 Å². The van der Waals surface area contributed by atoms with Crippen LogP contribution in [-0.2, 0) is 0 Å². The van der Waals surface area contributed by atoms with Crippen LogP contribution in [0.1, 0.15) is 25.3 Å². The molecule has 68 valence electrons. The van der Waals surface area contributed by atoms with Crippen LogP contribution in [0.25, 0.3) is 0 Å². The Hall–Kier alpha value is -1.31. The van der Waals surface area contributed by atoms with Gasteiger partial charge in [-0.05, 0) is 12.0 Å². The molecule has 1 aliphatic heterocycles. The van der Waals surface area contributed by atoms with Gasteiger partial charge in [0.2, 0.25) is 0 Å². The summed E-state index contributed by atoms with van der Waals surface area (Å²) in [6.07, 6.45) is 1.81. The van der Waals surface area contributed by atoms with E-state index in [0.29, 0.717) is 11.8 Å². The molecule has 1 N–H and O–H groups in total. The van der Waals surface area contributed by atoms with Crippen molar-refractivity contribution in [3.8, 4) is 0 Å². The second-order valence-corrected chi connectivity index (χ2v) is 3.81. The standard InChI is InChI=1S/C11H14N2/c1-7(2)10-8(3)13-11-9(10)5-4-6-12-11/h4-7,10H,3H2,1-2H3,(H,12,13). The third-order valence-corrected chi connectivity index (χ3v) is 2.50. The molecular formula is C11H14N2. The monoisotopic (exact) mass is 174 g/mol. The quantitative estimate of drug-likeness (QED) is 0.708. The molecule has 0 aliphatic carbocycles. The van der Waals surface area contributed by atoms with Crippen molar-refractivity contribution in [1.82, 2.24) is 4.98 Å². The fourth-order valence-electron chi connectivity index (χ4n) is 1.95. The summed E-state index contributed by atoms with van der Waals surface area (Å²) in [5, 5.41) is 3.22. The van der Waals surface area contributed by atoms with Crippen LogP contribution >= 0.6 is 0 Å². The first-order valence-electron chi connectivity index (χ1n) is 4.61. The molecule has 0 saturated carbocycles. The van der Waals surface area contributed by atoms with E-state index in [1.54, 1.807) is 0 Å². The van der Waals surface area contributed by atoms with Crippen molar-refractivity contribution in [1.29, 1.82) is 0 Å². The molecular weight excluding hydrogens is 160 g/mol. The molecule has 1 aliphatic rings. The van der Waals surface area contributed by atoms with E-state index in [0.717, 1.165) is 11.5 Å². The van der Waals surface area contributed by atoms with E-state index >= 15 is 0 Å². The van der Waals surface area contributed by atoms with E-state index in [1.807, 2.05) is 12.3 Å². The summed E-state index contributed by atoms with van der Waals surface area (Å²) in [4.78, 5) is 4.27. The normalized spacial score (nSPS) is 20.2. The van der Waals surface area contributed by atoms with Crippen LogP contribution in [0.5, 0.6) is 0 Å². The number of hydrogen-bond acceptors (Lipinski definition) is 2. The summed E-state index contributed by atoms with van der Waals surface area (Å²) in [7, 11) is 0. The van der Waals surface area contributed by atoms with Crippen molar-refractivity contribution in [3.63, 3.8) is 0 Å². The van der Waals surface area contributed by atoms with Crippen molar-refractivity contribution in [3.05, 3.63) is 36.2 Å². The number of pyridine rings is 1. The summed E-state index contributed by atoms with van der Waals surface area (Å²) < 4.78 is 0. The van der Waals surface area contributed by atoms with Gasteiger partial charge in [0.25, 0.3) is 0 Å². The lowest BCUT2D eigenvalue weighted by molar-refractivity contribution is 0.571. The van der Waals surface area contributed by atoms with Gasteiger partial charge in [0, 0.05) is 23.4 Å². The lowest BCUT2D eigenvalue weighted by Gasteiger charge is -2.15. The van der Waals surface area contributed by atoms with E-state index in [9.17, 15) is 0 Å². The molecule has 13 heavy (non-hydrogen) atoms. The van der Waals surface area contributed by atoms with Gasteiger partial charge in [0.1, 0.15) is 5.82 Å². The van der Waals surface area contributed by atoms with E-state index in [2.05, 4.69) is 36.8 Å². The Labute approximate surface area is 78.7 Å². The number of allylic oxidation sites excluding steroid dienone is 1. The maximum atomic E-state index is 4.27. The highest BCUT2D eigenvalue weighted by Crippen LogP contribution is 2.40. The Morgan fingerprint density at radius 2 is 2.31 bits per heavy atom. The summed E-state index contributed by atoms with van der Waals surface area (Å²) in [5.41, 5.74) is 2.35. The number of aromatic nitrogens is 1. The largest absolute Gasteiger partial charge is 0.344 e. The maximum absolute atomic E-state index is 4.27. The summed E-state index contributed by atoms with van der Waals surface area (Å²) in [6.45, 7) is 8.44. The van der Waals surface area contributed by atoms with Crippen molar-refractivity contribution >= 4 is 5.82 Å². The van der Waals surface area contributed by atoms with Gasteiger partial charge in [0.15, 0.2) is 0 Å². The van der Waals surface area contributed by atoms with Crippen LogP contribution in [0.4, 0.5) is 5.82 Å². The lowest BCUT2D eigenvalue weighted by atomic mass is 9.89. The minimum atomic E-state index is 0.420. The van der Waals surface area contributed by atoms with Gasteiger partial charge in [0.05, 0.1) is 0 Å². The zero-order valence-electron chi connectivity index (χ0n) is 8.04. The van der Waals surface area contributed by atoms with E-state index in [1.165, 1.54) is 5.56 Å². The molecule has 1 atom stereocenters. The third-order valence-electron chi connectivity index (χ3n) is 2.50. The topological polar surface area (TPSA) is 24.9 Å². The van der Waals surface area contributed by atoms with Gasteiger partial charge >= 0.3 is 0 Å². The first-order valence-corrected chi connectivity index (χ1v) is 4.61. The second-order valence-electron chi connectivity index (χ2n) is 3.81. The van der Waals surface area contributed by atoms with Crippen molar-refractivity contribution in [2.24, 2.45) is 5.92 Å². The molecule has 1 aromatic rings. The van der Waals surface area contributed by atoms with Gasteiger partial charge in [-0.25, -0.2) is 4.98 Å². The predicted octanol–water partition coefficient (Wildman–Crippen LogP) is 2.76. The molecule has 0 spiro atoms. The zero-order valence-corrected chi connectivity index (χ0v) is 8.04. The fourth-order valence-corrected chi connectivity index (χ4v) is 1.95. The molecule has 0 bridgehead atoms. The van der Waals surface area contributed by atoms with Gasteiger partial charge in [-0.15, -0.1) is 0 Å². The zero-order chi connectivity index (χ0) is 9.42. The fraction of sp³-hybridized carbons (Fsp3) is 0.364. The van der Waals surface area contributed by atoms with Crippen LogP contribution in [0.15, 0.2) is 30.6 Å². The number of nitrogens with zero attached hydrogens (tertiary/aromatic N) is 1. The predicted molar refractivity (Wildman–Crippen MR) is 54.6 cm³/mol. The van der Waals surface area contributed by atoms with E-state index in [4.69, 9.17) is 0 Å². The number of hydrogen-bond donors (Lipinski definition) is 1. The molecule has 2 heteroatoms. The smallest absolute Gasteiger partial charge is 0.133 e. The highest BCUT2D eigenvalue weighted by molar-refractivity contribution is 5.60. The molecule has 0 saturated heterocycles. The van der Waals surface area contributed by atoms with Crippen LogP contribution in [-0.4, -0.2) is 4.98 Å². The molecule has 2 heterocycles. The van der Waals surface area contributed by atoms with Gasteiger partial charge in [-0.1, -0.05) is 26.5 Å². The molecule has 1 aromatic heterocycles. The van der Waals surface area contributed by atoms with Crippen LogP contribution in [0.3, 0.4) is 0 Å². The second kappa shape index (κ2) is 2.87. The Bertz CT molecular complexity index is 342. The van der Waals surface area contributed by atoms with Gasteiger partial charge in [-0.3, -0.25) is 0 Å². The average Bonchev–Trinajstić information content (AvgIpc) is 2.39. The minimum absolute atomic E-state index is 0.420. The van der Waals surface area contributed by atoms with Crippen molar-refractivity contribution in [2.45, 2.75) is 19.8 Å². The highest BCUT2D eigenvalue weighted by atomic mass is 15.0. The van der Waals surface area contributed by atoms with Crippen molar-refractivity contribution < 1.29 is 0 Å². The van der Waals surface area contributed by atoms with Crippen LogP contribution in [0.2, 0.25) is 0 Å². The van der Waals surface area contributed by atoms with E-state index < -0.39 is 0 Å². The molecule has 2 rings (SSSR count). The van der Waals surface area contributed by atoms with Crippen LogP contribution in [0, 0.1) is 5.92 Å². The molecule has 0 amide bonds. The molecule has 0 radical (unpaired) electrons. The van der Waals surface area contributed by atoms with E-state index in [-0.39, 0.29) is 0 Å². The number of nitrogens with one attached hydrogen (secondary N) is 1. The lowest BCUT2D eigenvalue weighted by Crippen LogP contribution is -2.05. The third kappa shape index (κ3) is 1.22. The Kier molecular flexibility index (Phi) is 1.83. The highest BCUT2D eigenvalue weighted by Gasteiger charge is 2.28. The van der Waals surface area contributed by atoms with Gasteiger partial charge in [-0.2, -0.15) is 0 Å². The Morgan fingerprint density at radius 3 is 3.00 bits per heavy atom. The number of anilines is 1. The SMILES string of the molecule is C=C1Nc2ncccc2C1C(C)C. The summed E-state index contributed by atoms with van der Waals surface area (Å²) >= 11 is 0. The Balaban J connectivity index is 2.46. The number of fused-ring (bicyclic) bond motifs is 1. The van der Waals surface area contributed by atoms with Gasteiger partial charge < -0.3 is 5.32 Å². The Morgan fingerprint density at radius 1 is 1.54 bits per heavy atom. The molecule has 1 unspecified atom stereocenters. The summed E-state index contributed by atoms with van der Waals surface area (Å²) in [6, 6.07) is 4.10. The first-order chi connectivity index (χ1) is 6.20. The summed E-state index contributed by atoms with van der Waals surface area (Å²) in [5.74, 6) is 1.97. The van der Waals surface area contributed by atoms with Crippen molar-refractivity contribution in [2.75, 3.05) is 5.32 Å². The maximum Gasteiger partial charge on any atom is 0.133 e. The molecule has 2 nitrogen and oxygen atoms in total. The average molecular weight is 174 g/mol. The molecule has 0 fully saturated rings.